The minimum atomic E-state index is -0.683. The van der Waals surface area contributed by atoms with Gasteiger partial charge in [-0.2, -0.15) is 0 Å². The highest BCUT2D eigenvalue weighted by atomic mass is 16.4. The van der Waals surface area contributed by atoms with Gasteiger partial charge in [0.15, 0.2) is 0 Å². The summed E-state index contributed by atoms with van der Waals surface area (Å²) in [5.74, 6) is -0.898. The molecule has 4 nitrogen and oxygen atoms in total. The van der Waals surface area contributed by atoms with Crippen LogP contribution in [-0.2, 0) is 11.4 Å². The van der Waals surface area contributed by atoms with E-state index in [9.17, 15) is 4.79 Å². The smallest absolute Gasteiger partial charge is 0.306 e. The number of carboxylic acids is 1. The van der Waals surface area contributed by atoms with Gasteiger partial charge in [0.2, 0.25) is 0 Å². The third-order valence-corrected chi connectivity index (χ3v) is 3.53. The van der Waals surface area contributed by atoms with Crippen LogP contribution in [-0.4, -0.2) is 22.2 Å². The molecule has 1 aliphatic rings. The van der Waals surface area contributed by atoms with Crippen molar-refractivity contribution >= 4 is 11.7 Å². The van der Waals surface area contributed by atoms with Gasteiger partial charge in [0.1, 0.15) is 0 Å². The molecular weight excluding hydrogens is 230 g/mol. The largest absolute Gasteiger partial charge is 0.481 e. The monoisotopic (exact) mass is 249 g/mol. The average molecular weight is 249 g/mol. The lowest BCUT2D eigenvalue weighted by Gasteiger charge is -2.28. The number of anilines is 1. The summed E-state index contributed by atoms with van der Waals surface area (Å²) in [7, 11) is 0. The predicted octanol–water partition coefficient (Wildman–Crippen LogP) is 2.23. The molecule has 18 heavy (non-hydrogen) atoms. The van der Waals surface area contributed by atoms with E-state index in [1.54, 1.807) is 0 Å². The number of hydrogen-bond acceptors (Lipinski definition) is 3. The van der Waals surface area contributed by atoms with E-state index < -0.39 is 5.97 Å². The van der Waals surface area contributed by atoms with E-state index in [-0.39, 0.29) is 18.6 Å². The van der Waals surface area contributed by atoms with Gasteiger partial charge in [-0.15, -0.1) is 0 Å². The maximum Gasteiger partial charge on any atom is 0.306 e. The van der Waals surface area contributed by atoms with Crippen LogP contribution in [0.1, 0.15) is 31.2 Å². The quantitative estimate of drug-likeness (QED) is 0.765. The highest BCUT2D eigenvalue weighted by Crippen LogP contribution is 2.27. The van der Waals surface area contributed by atoms with E-state index >= 15 is 0 Å². The van der Waals surface area contributed by atoms with Crippen molar-refractivity contribution in [1.29, 1.82) is 0 Å². The van der Waals surface area contributed by atoms with Crippen LogP contribution >= 0.6 is 0 Å². The first-order valence-electron chi connectivity index (χ1n) is 6.38. The Morgan fingerprint density at radius 1 is 1.28 bits per heavy atom. The summed E-state index contributed by atoms with van der Waals surface area (Å²) in [6.07, 6.45) is 3.46. The maximum absolute atomic E-state index is 11.0. The van der Waals surface area contributed by atoms with Gasteiger partial charge in [0, 0.05) is 11.7 Å². The minimum absolute atomic E-state index is 0.0464. The van der Waals surface area contributed by atoms with Crippen LogP contribution in [0.5, 0.6) is 0 Å². The van der Waals surface area contributed by atoms with E-state index in [2.05, 4.69) is 5.32 Å². The number of nitrogens with one attached hydrogen (secondary N) is 1. The van der Waals surface area contributed by atoms with E-state index in [0.717, 1.165) is 30.5 Å². The number of rotatable bonds is 4. The first kappa shape index (κ1) is 12.9. The van der Waals surface area contributed by atoms with Gasteiger partial charge in [-0.05, 0) is 37.0 Å². The average Bonchev–Trinajstić information content (AvgIpc) is 2.40. The van der Waals surface area contributed by atoms with E-state index in [1.165, 1.54) is 0 Å². The Morgan fingerprint density at radius 3 is 2.61 bits per heavy atom. The lowest BCUT2D eigenvalue weighted by Crippen LogP contribution is -2.30. The second-order valence-electron chi connectivity index (χ2n) is 4.90. The van der Waals surface area contributed by atoms with Crippen LogP contribution in [0.25, 0.3) is 0 Å². The molecule has 2 atom stereocenters. The lowest BCUT2D eigenvalue weighted by atomic mass is 9.85. The van der Waals surface area contributed by atoms with Gasteiger partial charge in [0.25, 0.3) is 0 Å². The fourth-order valence-corrected chi connectivity index (χ4v) is 2.49. The maximum atomic E-state index is 11.0. The number of aliphatic hydroxyl groups is 1. The summed E-state index contributed by atoms with van der Waals surface area (Å²) in [6, 6.07) is 7.84. The van der Waals surface area contributed by atoms with Crippen LogP contribution < -0.4 is 5.32 Å². The lowest BCUT2D eigenvalue weighted by molar-refractivity contribution is -0.142. The summed E-state index contributed by atoms with van der Waals surface area (Å²) in [6.45, 7) is 0.0464. The predicted molar refractivity (Wildman–Crippen MR) is 69.4 cm³/mol. The van der Waals surface area contributed by atoms with Crippen molar-refractivity contribution in [1.82, 2.24) is 0 Å². The first-order chi connectivity index (χ1) is 8.69. The standard InChI is InChI=1S/C14H19NO3/c16-9-10-4-6-12(7-5-10)15-13-3-1-2-11(8-13)14(17)18/h4-7,11,13,15-16H,1-3,8-9H2,(H,17,18). The third-order valence-electron chi connectivity index (χ3n) is 3.53. The number of carbonyl (C=O) groups is 1. The van der Waals surface area contributed by atoms with Crippen molar-refractivity contribution < 1.29 is 15.0 Å². The molecule has 1 fully saturated rings. The summed E-state index contributed by atoms with van der Waals surface area (Å²) in [4.78, 5) is 11.0. The molecule has 0 heterocycles. The van der Waals surface area contributed by atoms with Crippen molar-refractivity contribution in [3.63, 3.8) is 0 Å². The van der Waals surface area contributed by atoms with Crippen LogP contribution in [0.3, 0.4) is 0 Å². The second kappa shape index (κ2) is 5.87. The molecule has 0 aromatic heterocycles. The number of benzene rings is 1. The van der Waals surface area contributed by atoms with Crippen molar-refractivity contribution in [2.45, 2.75) is 38.3 Å². The molecule has 1 aromatic carbocycles. The number of hydrogen-bond donors (Lipinski definition) is 3. The summed E-state index contributed by atoms with van der Waals surface area (Å²) in [5.41, 5.74) is 1.87. The molecule has 0 amide bonds. The van der Waals surface area contributed by atoms with Crippen LogP contribution in [0.15, 0.2) is 24.3 Å². The van der Waals surface area contributed by atoms with Gasteiger partial charge in [0.05, 0.1) is 12.5 Å². The van der Waals surface area contributed by atoms with Crippen molar-refractivity contribution in [3.8, 4) is 0 Å². The Bertz CT molecular complexity index is 402. The molecule has 0 saturated heterocycles. The van der Waals surface area contributed by atoms with E-state index in [4.69, 9.17) is 10.2 Å². The molecule has 0 spiro atoms. The highest BCUT2D eigenvalue weighted by molar-refractivity contribution is 5.70. The summed E-state index contributed by atoms with van der Waals surface area (Å²) in [5, 5.41) is 21.4. The van der Waals surface area contributed by atoms with Crippen LogP contribution in [0.2, 0.25) is 0 Å². The Labute approximate surface area is 107 Å². The Hall–Kier alpha value is -1.55. The normalized spacial score (nSPS) is 23.6. The molecule has 1 aliphatic carbocycles. The van der Waals surface area contributed by atoms with E-state index in [0.29, 0.717) is 6.42 Å². The minimum Gasteiger partial charge on any atom is -0.481 e. The van der Waals surface area contributed by atoms with Crippen LogP contribution in [0.4, 0.5) is 5.69 Å². The molecule has 0 radical (unpaired) electrons. The number of aliphatic hydroxyl groups excluding tert-OH is 1. The number of carboxylic acid groups (broad SMARTS) is 1. The molecular formula is C14H19NO3. The second-order valence-corrected chi connectivity index (χ2v) is 4.90. The Morgan fingerprint density at radius 2 is 2.00 bits per heavy atom. The number of aliphatic carboxylic acids is 1. The molecule has 98 valence electrons. The van der Waals surface area contributed by atoms with Gasteiger partial charge in [-0.1, -0.05) is 18.6 Å². The highest BCUT2D eigenvalue weighted by Gasteiger charge is 2.26. The van der Waals surface area contributed by atoms with Crippen molar-refractivity contribution in [2.24, 2.45) is 5.92 Å². The molecule has 2 unspecified atom stereocenters. The van der Waals surface area contributed by atoms with E-state index in [1.807, 2.05) is 24.3 Å². The summed E-state index contributed by atoms with van der Waals surface area (Å²) < 4.78 is 0. The Kier molecular flexibility index (Phi) is 4.20. The molecule has 0 bridgehead atoms. The zero-order valence-electron chi connectivity index (χ0n) is 10.3. The van der Waals surface area contributed by atoms with Crippen molar-refractivity contribution in [2.75, 3.05) is 5.32 Å². The fourth-order valence-electron chi connectivity index (χ4n) is 2.49. The molecule has 0 aliphatic heterocycles. The Balaban J connectivity index is 1.93. The molecule has 1 aromatic rings. The fraction of sp³-hybridized carbons (Fsp3) is 0.500. The third kappa shape index (κ3) is 3.23. The zero-order chi connectivity index (χ0) is 13.0. The molecule has 1 saturated carbocycles. The zero-order valence-corrected chi connectivity index (χ0v) is 10.3. The molecule has 3 N–H and O–H groups in total. The molecule has 4 heteroatoms. The summed E-state index contributed by atoms with van der Waals surface area (Å²) >= 11 is 0. The SMILES string of the molecule is O=C(O)C1CCCC(Nc2ccc(CO)cc2)C1. The topological polar surface area (TPSA) is 69.6 Å². The first-order valence-corrected chi connectivity index (χ1v) is 6.38. The van der Waals surface area contributed by atoms with Gasteiger partial charge in [-0.3, -0.25) is 4.79 Å². The van der Waals surface area contributed by atoms with Crippen LogP contribution in [0, 0.1) is 5.92 Å². The van der Waals surface area contributed by atoms with Gasteiger partial charge >= 0.3 is 5.97 Å². The van der Waals surface area contributed by atoms with Crippen molar-refractivity contribution in [3.05, 3.63) is 29.8 Å². The van der Waals surface area contributed by atoms with Gasteiger partial charge in [-0.25, -0.2) is 0 Å². The van der Waals surface area contributed by atoms with Gasteiger partial charge < -0.3 is 15.5 Å². The molecule has 2 rings (SSSR count).